The summed E-state index contributed by atoms with van der Waals surface area (Å²) in [6.45, 7) is 0. The zero-order chi connectivity index (χ0) is 19.2. The van der Waals surface area contributed by atoms with Crippen LogP contribution < -0.4 is 0 Å². The number of hydrogen-bond donors (Lipinski definition) is 1. The van der Waals surface area contributed by atoms with E-state index >= 15 is 0 Å². The minimum absolute atomic E-state index is 0.00937. The number of aliphatic carboxylic acids is 1. The number of carbonyl (C=O) groups excluding carboxylic acids is 1. The number of halogens is 1. The van der Waals surface area contributed by atoms with Gasteiger partial charge >= 0.3 is 5.97 Å². The topological polar surface area (TPSA) is 57.6 Å². The van der Waals surface area contributed by atoms with Crippen molar-refractivity contribution >= 4 is 18.0 Å². The highest BCUT2D eigenvalue weighted by Gasteiger charge is 2.39. The Kier molecular flexibility index (Phi) is 6.01. The third-order valence-electron chi connectivity index (χ3n) is 4.57. The van der Waals surface area contributed by atoms with Crippen LogP contribution in [0.1, 0.15) is 30.4 Å². The molecule has 27 heavy (non-hydrogen) atoms. The molecular weight excluding hydrogens is 345 g/mol. The summed E-state index contributed by atoms with van der Waals surface area (Å²) < 4.78 is 13.2. The molecule has 0 aliphatic heterocycles. The van der Waals surface area contributed by atoms with E-state index in [0.29, 0.717) is 5.56 Å². The van der Waals surface area contributed by atoms with Crippen molar-refractivity contribution in [2.75, 3.05) is 0 Å². The van der Waals surface area contributed by atoms with E-state index in [1.807, 2.05) is 30.3 Å². The van der Waals surface area contributed by atoms with E-state index in [1.165, 1.54) is 17.0 Å². The first-order chi connectivity index (χ1) is 13.0. The average molecular weight is 367 g/mol. The highest BCUT2D eigenvalue weighted by Crippen LogP contribution is 2.30. The fraction of sp³-hybridized carbons (Fsp3) is 0.273. The lowest BCUT2D eigenvalue weighted by Gasteiger charge is -2.29. The van der Waals surface area contributed by atoms with Crippen molar-refractivity contribution < 1.29 is 19.1 Å². The molecule has 0 saturated heterocycles. The molecule has 2 aromatic carbocycles. The van der Waals surface area contributed by atoms with E-state index in [2.05, 4.69) is 0 Å². The van der Waals surface area contributed by atoms with Gasteiger partial charge in [-0.3, -0.25) is 4.79 Å². The molecule has 3 rings (SSSR count). The molecular formula is C22H22FNO3. The van der Waals surface area contributed by atoms with Gasteiger partial charge in [-0.15, -0.1) is 0 Å². The predicted octanol–water partition coefficient (Wildman–Crippen LogP) is 3.92. The maximum absolute atomic E-state index is 13.2. The summed E-state index contributed by atoms with van der Waals surface area (Å²) in [5, 5.41) is 9.71. The largest absolute Gasteiger partial charge is 0.480 e. The van der Waals surface area contributed by atoms with Crippen LogP contribution in [0.5, 0.6) is 0 Å². The molecule has 2 aromatic rings. The highest BCUT2D eigenvalue weighted by molar-refractivity contribution is 5.85. The lowest BCUT2D eigenvalue weighted by Crippen LogP contribution is -2.47. The Hall–Kier alpha value is -2.95. The SMILES string of the molecule is O=C(O)C(Cc1ccccc1)N(C(=O)CC=Cc1cccc(F)c1)C1CC1. The Bertz CT molecular complexity index is 830. The van der Waals surface area contributed by atoms with Crippen LogP contribution in [0.2, 0.25) is 0 Å². The van der Waals surface area contributed by atoms with Crippen molar-refractivity contribution in [3.63, 3.8) is 0 Å². The van der Waals surface area contributed by atoms with Gasteiger partial charge in [0.2, 0.25) is 5.91 Å². The standard InChI is InChI=1S/C22H22FNO3/c23-18-10-4-8-16(14-18)9-5-11-21(25)24(19-12-13-19)20(22(26)27)15-17-6-2-1-3-7-17/h1-10,14,19-20H,11-13,15H2,(H,26,27). The van der Waals surface area contributed by atoms with Crippen LogP contribution in [-0.2, 0) is 16.0 Å². The van der Waals surface area contributed by atoms with E-state index in [-0.39, 0.29) is 30.6 Å². The number of benzene rings is 2. The van der Waals surface area contributed by atoms with Crippen molar-refractivity contribution in [3.8, 4) is 0 Å². The Morgan fingerprint density at radius 1 is 1.15 bits per heavy atom. The number of carboxylic acids is 1. The second kappa shape index (κ2) is 8.62. The van der Waals surface area contributed by atoms with Crippen LogP contribution in [0.3, 0.4) is 0 Å². The maximum atomic E-state index is 13.2. The molecule has 0 spiro atoms. The van der Waals surface area contributed by atoms with Crippen molar-refractivity contribution in [2.45, 2.75) is 37.8 Å². The van der Waals surface area contributed by atoms with Gasteiger partial charge in [0.05, 0.1) is 0 Å². The molecule has 0 heterocycles. The monoisotopic (exact) mass is 367 g/mol. The molecule has 0 radical (unpaired) electrons. The van der Waals surface area contributed by atoms with Gasteiger partial charge in [-0.1, -0.05) is 54.6 Å². The summed E-state index contributed by atoms with van der Waals surface area (Å²) in [4.78, 5) is 26.1. The molecule has 1 amide bonds. The molecule has 0 bridgehead atoms. The van der Waals surface area contributed by atoms with Gasteiger partial charge in [-0.05, 0) is 36.1 Å². The van der Waals surface area contributed by atoms with Crippen LogP contribution >= 0.6 is 0 Å². The summed E-state index contributed by atoms with van der Waals surface area (Å²) in [6.07, 6.45) is 5.38. The third kappa shape index (κ3) is 5.26. The van der Waals surface area contributed by atoms with E-state index < -0.39 is 12.0 Å². The normalized spacial score (nSPS) is 14.9. The van der Waals surface area contributed by atoms with Crippen LogP contribution in [0, 0.1) is 5.82 Å². The second-order valence-electron chi connectivity index (χ2n) is 6.74. The number of amides is 1. The van der Waals surface area contributed by atoms with Gasteiger partial charge < -0.3 is 10.0 Å². The van der Waals surface area contributed by atoms with Gasteiger partial charge in [0, 0.05) is 18.9 Å². The predicted molar refractivity (Wildman–Crippen MR) is 101 cm³/mol. The molecule has 1 aliphatic rings. The molecule has 1 atom stereocenters. The van der Waals surface area contributed by atoms with Crippen LogP contribution in [-0.4, -0.2) is 34.0 Å². The zero-order valence-corrected chi connectivity index (χ0v) is 14.9. The van der Waals surface area contributed by atoms with Crippen molar-refractivity contribution in [3.05, 3.63) is 77.6 Å². The summed E-state index contributed by atoms with van der Waals surface area (Å²) in [5.41, 5.74) is 1.55. The summed E-state index contributed by atoms with van der Waals surface area (Å²) >= 11 is 0. The van der Waals surface area contributed by atoms with Crippen molar-refractivity contribution in [2.24, 2.45) is 0 Å². The first kappa shape index (κ1) is 18.8. The minimum Gasteiger partial charge on any atom is -0.480 e. The van der Waals surface area contributed by atoms with Gasteiger partial charge in [0.1, 0.15) is 11.9 Å². The fourth-order valence-corrected chi connectivity index (χ4v) is 3.14. The first-order valence-electron chi connectivity index (χ1n) is 9.04. The number of nitrogens with zero attached hydrogens (tertiary/aromatic N) is 1. The number of carboxylic acid groups (broad SMARTS) is 1. The maximum Gasteiger partial charge on any atom is 0.326 e. The van der Waals surface area contributed by atoms with E-state index in [4.69, 9.17) is 0 Å². The first-order valence-corrected chi connectivity index (χ1v) is 9.04. The second-order valence-corrected chi connectivity index (χ2v) is 6.74. The van der Waals surface area contributed by atoms with Crippen LogP contribution in [0.25, 0.3) is 6.08 Å². The van der Waals surface area contributed by atoms with Gasteiger partial charge in [-0.2, -0.15) is 0 Å². The lowest BCUT2D eigenvalue weighted by atomic mass is 10.0. The Morgan fingerprint density at radius 3 is 2.52 bits per heavy atom. The zero-order valence-electron chi connectivity index (χ0n) is 14.9. The summed E-state index contributed by atoms with van der Waals surface area (Å²) in [5.74, 6) is -1.54. The molecule has 140 valence electrons. The van der Waals surface area contributed by atoms with E-state index in [9.17, 15) is 19.1 Å². The molecule has 1 aliphatic carbocycles. The van der Waals surface area contributed by atoms with Crippen molar-refractivity contribution in [1.82, 2.24) is 4.90 Å². The molecule has 1 fully saturated rings. The molecule has 4 nitrogen and oxygen atoms in total. The summed E-state index contributed by atoms with van der Waals surface area (Å²) in [7, 11) is 0. The number of rotatable bonds is 8. The average Bonchev–Trinajstić information content (AvgIpc) is 3.47. The van der Waals surface area contributed by atoms with Gasteiger partial charge in [0.25, 0.3) is 0 Å². The molecule has 5 heteroatoms. The number of carbonyl (C=O) groups is 2. The van der Waals surface area contributed by atoms with Crippen LogP contribution in [0.15, 0.2) is 60.7 Å². The Morgan fingerprint density at radius 2 is 1.89 bits per heavy atom. The highest BCUT2D eigenvalue weighted by atomic mass is 19.1. The van der Waals surface area contributed by atoms with Crippen molar-refractivity contribution in [1.29, 1.82) is 0 Å². The number of hydrogen-bond acceptors (Lipinski definition) is 2. The molecule has 1 unspecified atom stereocenters. The van der Waals surface area contributed by atoms with Gasteiger partial charge in [0.15, 0.2) is 0 Å². The molecule has 1 N–H and O–H groups in total. The minimum atomic E-state index is -0.992. The Labute approximate surface area is 157 Å². The quantitative estimate of drug-likeness (QED) is 0.769. The van der Waals surface area contributed by atoms with E-state index in [1.54, 1.807) is 24.3 Å². The Balaban J connectivity index is 1.71. The van der Waals surface area contributed by atoms with E-state index in [0.717, 1.165) is 18.4 Å². The lowest BCUT2D eigenvalue weighted by molar-refractivity contribution is -0.150. The third-order valence-corrected chi connectivity index (χ3v) is 4.57. The summed E-state index contributed by atoms with van der Waals surface area (Å²) in [6, 6.07) is 14.5. The smallest absolute Gasteiger partial charge is 0.326 e. The molecule has 0 aromatic heterocycles. The fourth-order valence-electron chi connectivity index (χ4n) is 3.14. The molecule has 1 saturated carbocycles. The van der Waals surface area contributed by atoms with Gasteiger partial charge in [-0.25, -0.2) is 9.18 Å². The van der Waals surface area contributed by atoms with Crippen LogP contribution in [0.4, 0.5) is 4.39 Å².